The lowest BCUT2D eigenvalue weighted by Gasteiger charge is -2.27. The van der Waals surface area contributed by atoms with E-state index in [-0.39, 0.29) is 6.03 Å². The number of anilines is 1. The zero-order chi connectivity index (χ0) is 16.1. The molecular formula is C17H23N3O3. The zero-order valence-corrected chi connectivity index (χ0v) is 13.4. The quantitative estimate of drug-likeness (QED) is 0.888. The molecule has 124 valence electrons. The average Bonchev–Trinajstić information content (AvgIpc) is 2.59. The van der Waals surface area contributed by atoms with Crippen LogP contribution < -0.4 is 15.5 Å². The molecule has 3 rings (SSSR count). The van der Waals surface area contributed by atoms with Crippen molar-refractivity contribution in [3.8, 4) is 0 Å². The van der Waals surface area contributed by atoms with Gasteiger partial charge in [0.15, 0.2) is 0 Å². The number of carbonyl (C=O) groups excluding carboxylic acids is 1. The van der Waals surface area contributed by atoms with Gasteiger partial charge in [0.2, 0.25) is 0 Å². The summed E-state index contributed by atoms with van der Waals surface area (Å²) in [4.78, 5) is 14.1. The fourth-order valence-electron chi connectivity index (χ4n) is 2.86. The highest BCUT2D eigenvalue weighted by atomic mass is 16.6. The lowest BCUT2D eigenvalue weighted by atomic mass is 9.99. The highest BCUT2D eigenvalue weighted by Gasteiger charge is 2.14. The second-order valence-electron chi connectivity index (χ2n) is 5.83. The first-order valence-corrected chi connectivity index (χ1v) is 8.00. The molecule has 1 aromatic rings. The number of urea groups is 1. The standard InChI is InChI=1S/C17H23N3O3/c1-20-6-2-3-14-9-13(4-5-16(14)20)10-18-17(21)19-11-15-12-22-7-8-23-15/h4-5,9,12H,2-3,6-8,10-11H2,1H3,(H2,18,19,21). The summed E-state index contributed by atoms with van der Waals surface area (Å²) in [7, 11) is 2.12. The van der Waals surface area contributed by atoms with Crippen LogP contribution in [0.25, 0.3) is 0 Å². The van der Waals surface area contributed by atoms with E-state index in [1.165, 1.54) is 17.7 Å². The van der Waals surface area contributed by atoms with Crippen LogP contribution in [0.1, 0.15) is 17.5 Å². The topological polar surface area (TPSA) is 62.8 Å². The molecule has 0 spiro atoms. The van der Waals surface area contributed by atoms with E-state index in [2.05, 4.69) is 40.8 Å². The molecule has 0 atom stereocenters. The minimum absolute atomic E-state index is 0.213. The number of nitrogens with zero attached hydrogens (tertiary/aromatic N) is 1. The van der Waals surface area contributed by atoms with Crippen LogP contribution in [0.3, 0.4) is 0 Å². The van der Waals surface area contributed by atoms with Crippen LogP contribution in [0, 0.1) is 0 Å². The molecule has 23 heavy (non-hydrogen) atoms. The van der Waals surface area contributed by atoms with Gasteiger partial charge in [-0.1, -0.05) is 12.1 Å². The number of carbonyl (C=O) groups is 1. The Bertz CT molecular complexity index is 601. The number of ether oxygens (including phenoxy) is 2. The molecule has 0 radical (unpaired) electrons. The van der Waals surface area contributed by atoms with Crippen molar-refractivity contribution in [3.05, 3.63) is 41.3 Å². The van der Waals surface area contributed by atoms with Gasteiger partial charge in [-0.05, 0) is 30.0 Å². The maximum absolute atomic E-state index is 11.8. The lowest BCUT2D eigenvalue weighted by molar-refractivity contribution is 0.0817. The number of rotatable bonds is 4. The molecule has 0 saturated heterocycles. The third-order valence-electron chi connectivity index (χ3n) is 4.07. The van der Waals surface area contributed by atoms with Crippen LogP contribution in [-0.4, -0.2) is 39.4 Å². The normalized spacial score (nSPS) is 16.6. The van der Waals surface area contributed by atoms with Gasteiger partial charge in [0, 0.05) is 25.8 Å². The number of nitrogens with one attached hydrogen (secondary N) is 2. The van der Waals surface area contributed by atoms with Crippen LogP contribution in [-0.2, 0) is 22.4 Å². The maximum Gasteiger partial charge on any atom is 0.315 e. The Morgan fingerprint density at radius 1 is 1.26 bits per heavy atom. The van der Waals surface area contributed by atoms with Crippen molar-refractivity contribution in [2.45, 2.75) is 19.4 Å². The largest absolute Gasteiger partial charge is 0.494 e. The summed E-state index contributed by atoms with van der Waals surface area (Å²) >= 11 is 0. The van der Waals surface area contributed by atoms with Crippen LogP contribution in [0.2, 0.25) is 0 Å². The van der Waals surface area contributed by atoms with E-state index in [4.69, 9.17) is 9.47 Å². The number of amides is 2. The van der Waals surface area contributed by atoms with Crippen molar-refractivity contribution in [2.75, 3.05) is 38.3 Å². The molecule has 0 aliphatic carbocycles. The molecule has 0 fully saturated rings. The maximum atomic E-state index is 11.8. The Labute approximate surface area is 136 Å². The van der Waals surface area contributed by atoms with E-state index in [1.54, 1.807) is 6.26 Å². The average molecular weight is 317 g/mol. The summed E-state index contributed by atoms with van der Waals surface area (Å²) in [5.41, 5.74) is 3.77. The first kappa shape index (κ1) is 15.5. The second kappa shape index (κ2) is 7.26. The predicted molar refractivity (Wildman–Crippen MR) is 88.3 cm³/mol. The van der Waals surface area contributed by atoms with Gasteiger partial charge in [-0.2, -0.15) is 0 Å². The van der Waals surface area contributed by atoms with Gasteiger partial charge in [0.05, 0.1) is 6.54 Å². The SMILES string of the molecule is CN1CCCc2cc(CNC(=O)NCC3=COCCO3)ccc21. The molecule has 2 aliphatic rings. The Morgan fingerprint density at radius 3 is 2.96 bits per heavy atom. The van der Waals surface area contributed by atoms with Gasteiger partial charge >= 0.3 is 6.03 Å². The fourth-order valence-corrected chi connectivity index (χ4v) is 2.86. The third-order valence-corrected chi connectivity index (χ3v) is 4.07. The smallest absolute Gasteiger partial charge is 0.315 e. The van der Waals surface area contributed by atoms with E-state index in [9.17, 15) is 4.79 Å². The molecule has 6 heteroatoms. The molecule has 1 aromatic carbocycles. The Morgan fingerprint density at radius 2 is 2.13 bits per heavy atom. The highest BCUT2D eigenvalue weighted by molar-refractivity contribution is 5.74. The summed E-state index contributed by atoms with van der Waals surface area (Å²) < 4.78 is 10.5. The van der Waals surface area contributed by atoms with Crippen molar-refractivity contribution in [3.63, 3.8) is 0 Å². The van der Waals surface area contributed by atoms with Crippen LogP contribution in [0.5, 0.6) is 0 Å². The number of hydrogen-bond acceptors (Lipinski definition) is 4. The Hall–Kier alpha value is -2.37. The number of hydrogen-bond donors (Lipinski definition) is 2. The predicted octanol–water partition coefficient (Wildman–Crippen LogP) is 1.76. The second-order valence-corrected chi connectivity index (χ2v) is 5.83. The van der Waals surface area contributed by atoms with Crippen molar-refractivity contribution in [1.82, 2.24) is 10.6 Å². The van der Waals surface area contributed by atoms with Crippen LogP contribution >= 0.6 is 0 Å². The highest BCUT2D eigenvalue weighted by Crippen LogP contribution is 2.26. The van der Waals surface area contributed by atoms with Gasteiger partial charge < -0.3 is 25.0 Å². The molecule has 2 N–H and O–H groups in total. The Balaban J connectivity index is 1.48. The van der Waals surface area contributed by atoms with E-state index >= 15 is 0 Å². The monoisotopic (exact) mass is 317 g/mol. The molecule has 0 bridgehead atoms. The molecule has 2 amide bonds. The summed E-state index contributed by atoms with van der Waals surface area (Å²) in [6.07, 6.45) is 3.83. The minimum atomic E-state index is -0.213. The summed E-state index contributed by atoms with van der Waals surface area (Å²) in [6, 6.07) is 6.18. The van der Waals surface area contributed by atoms with Gasteiger partial charge in [-0.25, -0.2) is 4.79 Å². The molecular weight excluding hydrogens is 294 g/mol. The lowest BCUT2D eigenvalue weighted by Crippen LogP contribution is -2.37. The number of aryl methyl sites for hydroxylation is 1. The summed E-state index contributed by atoms with van der Waals surface area (Å²) in [5.74, 6) is 0.642. The molecule has 2 aliphatic heterocycles. The van der Waals surface area contributed by atoms with Crippen molar-refractivity contribution < 1.29 is 14.3 Å². The van der Waals surface area contributed by atoms with Gasteiger partial charge in [0.1, 0.15) is 25.2 Å². The van der Waals surface area contributed by atoms with E-state index in [0.29, 0.717) is 32.1 Å². The van der Waals surface area contributed by atoms with E-state index < -0.39 is 0 Å². The first-order chi connectivity index (χ1) is 11.2. The molecule has 6 nitrogen and oxygen atoms in total. The first-order valence-electron chi connectivity index (χ1n) is 8.00. The fraction of sp³-hybridized carbons (Fsp3) is 0.471. The summed E-state index contributed by atoms with van der Waals surface area (Å²) in [6.45, 7) is 3.04. The van der Waals surface area contributed by atoms with Crippen molar-refractivity contribution >= 4 is 11.7 Å². The minimum Gasteiger partial charge on any atom is -0.494 e. The molecule has 2 heterocycles. The van der Waals surface area contributed by atoms with Crippen molar-refractivity contribution in [1.29, 1.82) is 0 Å². The van der Waals surface area contributed by atoms with Gasteiger partial charge in [0.25, 0.3) is 0 Å². The van der Waals surface area contributed by atoms with Gasteiger partial charge in [-0.15, -0.1) is 0 Å². The van der Waals surface area contributed by atoms with E-state index in [1.807, 2.05) is 0 Å². The number of benzene rings is 1. The van der Waals surface area contributed by atoms with Crippen LogP contribution in [0.15, 0.2) is 30.2 Å². The summed E-state index contributed by atoms with van der Waals surface area (Å²) in [5, 5.41) is 5.63. The molecule has 0 saturated carbocycles. The number of fused-ring (bicyclic) bond motifs is 1. The van der Waals surface area contributed by atoms with Gasteiger partial charge in [-0.3, -0.25) is 0 Å². The van der Waals surface area contributed by atoms with Crippen molar-refractivity contribution in [2.24, 2.45) is 0 Å². The molecule has 0 aromatic heterocycles. The van der Waals surface area contributed by atoms with Crippen LogP contribution in [0.4, 0.5) is 10.5 Å². The zero-order valence-electron chi connectivity index (χ0n) is 13.4. The van der Waals surface area contributed by atoms with E-state index in [0.717, 1.165) is 18.5 Å². The Kier molecular flexibility index (Phi) is 4.90. The third kappa shape index (κ3) is 4.09. The molecule has 0 unspecified atom stereocenters.